The smallest absolute Gasteiger partial charge is 0.271 e. The maximum atomic E-state index is 11.8. The normalized spacial score (nSPS) is 12.2. The lowest BCUT2D eigenvalue weighted by atomic mass is 10.2. The van der Waals surface area contributed by atoms with Crippen LogP contribution in [0.3, 0.4) is 0 Å². The van der Waals surface area contributed by atoms with E-state index in [0.29, 0.717) is 15.7 Å². The molecule has 19 heavy (non-hydrogen) atoms. The summed E-state index contributed by atoms with van der Waals surface area (Å²) >= 11 is 7.45. The van der Waals surface area contributed by atoms with Gasteiger partial charge in [0.2, 0.25) is 0 Å². The minimum Gasteiger partial charge on any atom is -0.394 e. The molecule has 0 bridgehead atoms. The molecule has 6 heteroatoms. The molecular formula is C13H13ClN2O2S. The van der Waals surface area contributed by atoms with Crippen molar-refractivity contribution in [2.24, 2.45) is 0 Å². The van der Waals surface area contributed by atoms with Gasteiger partial charge in [-0.15, -0.1) is 11.3 Å². The highest BCUT2D eigenvalue weighted by atomic mass is 35.5. The molecule has 0 radical (unpaired) electrons. The number of nitrogens with zero attached hydrogens (tertiary/aromatic N) is 1. The SMILES string of the molecule is CC(CO)NC(=O)c1csc(-c2ccccc2Cl)n1. The van der Waals surface area contributed by atoms with Gasteiger partial charge in [-0.3, -0.25) is 4.79 Å². The van der Waals surface area contributed by atoms with Gasteiger partial charge in [0.25, 0.3) is 5.91 Å². The summed E-state index contributed by atoms with van der Waals surface area (Å²) in [6, 6.07) is 7.06. The zero-order valence-electron chi connectivity index (χ0n) is 10.3. The molecule has 100 valence electrons. The number of hydrogen-bond acceptors (Lipinski definition) is 4. The van der Waals surface area contributed by atoms with Crippen molar-refractivity contribution in [2.45, 2.75) is 13.0 Å². The van der Waals surface area contributed by atoms with Gasteiger partial charge in [0.15, 0.2) is 0 Å². The highest BCUT2D eigenvalue weighted by molar-refractivity contribution is 7.13. The Morgan fingerprint density at radius 2 is 2.26 bits per heavy atom. The molecule has 1 heterocycles. The van der Waals surface area contributed by atoms with Crippen LogP contribution in [0.5, 0.6) is 0 Å². The molecule has 1 aromatic heterocycles. The van der Waals surface area contributed by atoms with E-state index in [9.17, 15) is 4.79 Å². The molecule has 1 unspecified atom stereocenters. The first-order valence-electron chi connectivity index (χ1n) is 5.74. The molecule has 0 aliphatic heterocycles. The van der Waals surface area contributed by atoms with E-state index in [1.54, 1.807) is 18.4 Å². The molecule has 0 saturated carbocycles. The molecule has 0 aliphatic carbocycles. The maximum Gasteiger partial charge on any atom is 0.271 e. The van der Waals surface area contributed by atoms with Crippen LogP contribution in [0.15, 0.2) is 29.6 Å². The van der Waals surface area contributed by atoms with Gasteiger partial charge in [0.1, 0.15) is 10.7 Å². The van der Waals surface area contributed by atoms with Crippen molar-refractivity contribution >= 4 is 28.8 Å². The van der Waals surface area contributed by atoms with E-state index >= 15 is 0 Å². The van der Waals surface area contributed by atoms with Crippen molar-refractivity contribution < 1.29 is 9.90 Å². The van der Waals surface area contributed by atoms with Crippen LogP contribution < -0.4 is 5.32 Å². The van der Waals surface area contributed by atoms with Gasteiger partial charge in [0, 0.05) is 17.0 Å². The van der Waals surface area contributed by atoms with Crippen molar-refractivity contribution in [3.63, 3.8) is 0 Å². The molecule has 1 atom stereocenters. The summed E-state index contributed by atoms with van der Waals surface area (Å²) in [5.41, 5.74) is 1.14. The van der Waals surface area contributed by atoms with Crippen molar-refractivity contribution in [3.05, 3.63) is 40.4 Å². The van der Waals surface area contributed by atoms with E-state index in [1.807, 2.05) is 18.2 Å². The molecule has 0 saturated heterocycles. The van der Waals surface area contributed by atoms with Crippen LogP contribution in [0, 0.1) is 0 Å². The second-order valence-electron chi connectivity index (χ2n) is 4.07. The number of aliphatic hydroxyl groups is 1. The number of amides is 1. The van der Waals surface area contributed by atoms with Crippen molar-refractivity contribution in [3.8, 4) is 10.6 Å². The molecule has 0 aliphatic rings. The average Bonchev–Trinajstić information content (AvgIpc) is 2.88. The first-order valence-corrected chi connectivity index (χ1v) is 6.99. The lowest BCUT2D eigenvalue weighted by Gasteiger charge is -2.08. The van der Waals surface area contributed by atoms with Gasteiger partial charge >= 0.3 is 0 Å². The van der Waals surface area contributed by atoms with E-state index in [-0.39, 0.29) is 18.6 Å². The van der Waals surface area contributed by atoms with Crippen molar-refractivity contribution in [2.75, 3.05) is 6.61 Å². The largest absolute Gasteiger partial charge is 0.394 e. The number of hydrogen-bond donors (Lipinski definition) is 2. The molecule has 4 nitrogen and oxygen atoms in total. The molecule has 1 aromatic carbocycles. The number of aromatic nitrogens is 1. The lowest BCUT2D eigenvalue weighted by molar-refractivity contribution is 0.0918. The van der Waals surface area contributed by atoms with E-state index < -0.39 is 0 Å². The number of aliphatic hydroxyl groups excluding tert-OH is 1. The summed E-state index contributed by atoms with van der Waals surface area (Å²) in [4.78, 5) is 16.1. The summed E-state index contributed by atoms with van der Waals surface area (Å²) in [6.07, 6.45) is 0. The zero-order chi connectivity index (χ0) is 13.8. The summed E-state index contributed by atoms with van der Waals surface area (Å²) in [7, 11) is 0. The highest BCUT2D eigenvalue weighted by Crippen LogP contribution is 2.29. The molecule has 2 aromatic rings. The van der Waals surface area contributed by atoms with Crippen LogP contribution in [0.1, 0.15) is 17.4 Å². The number of carbonyl (C=O) groups is 1. The lowest BCUT2D eigenvalue weighted by Crippen LogP contribution is -2.35. The minimum absolute atomic E-state index is 0.104. The van der Waals surface area contributed by atoms with E-state index in [2.05, 4.69) is 10.3 Å². The third kappa shape index (κ3) is 3.32. The van der Waals surface area contributed by atoms with E-state index in [0.717, 1.165) is 5.56 Å². The third-order valence-corrected chi connectivity index (χ3v) is 3.70. The van der Waals surface area contributed by atoms with Crippen LogP contribution in [0.25, 0.3) is 10.6 Å². The molecule has 2 N–H and O–H groups in total. The summed E-state index contributed by atoms with van der Waals surface area (Å²) in [5.74, 6) is -0.295. The zero-order valence-corrected chi connectivity index (χ0v) is 11.8. The van der Waals surface area contributed by atoms with Crippen LogP contribution >= 0.6 is 22.9 Å². The summed E-state index contributed by atoms with van der Waals surface area (Å²) in [6.45, 7) is 1.62. The summed E-state index contributed by atoms with van der Waals surface area (Å²) < 4.78 is 0. The molecular weight excluding hydrogens is 284 g/mol. The first kappa shape index (κ1) is 14.0. The Kier molecular flexibility index (Phi) is 4.52. The standard InChI is InChI=1S/C13H13ClN2O2S/c1-8(6-17)15-12(18)11-7-19-13(16-11)9-4-2-3-5-10(9)14/h2-5,7-8,17H,6H2,1H3,(H,15,18). The number of carbonyl (C=O) groups excluding carboxylic acids is 1. The second-order valence-corrected chi connectivity index (χ2v) is 5.34. The van der Waals surface area contributed by atoms with Gasteiger partial charge in [-0.25, -0.2) is 4.98 Å². The number of nitrogens with one attached hydrogen (secondary N) is 1. The molecule has 1 amide bonds. The van der Waals surface area contributed by atoms with Crippen LogP contribution in [0.4, 0.5) is 0 Å². The van der Waals surface area contributed by atoms with Gasteiger partial charge in [-0.05, 0) is 13.0 Å². The van der Waals surface area contributed by atoms with E-state index in [1.165, 1.54) is 11.3 Å². The Hall–Kier alpha value is -1.43. The van der Waals surface area contributed by atoms with Gasteiger partial charge in [0.05, 0.1) is 11.6 Å². The van der Waals surface area contributed by atoms with Crippen molar-refractivity contribution in [1.82, 2.24) is 10.3 Å². The number of rotatable bonds is 4. The topological polar surface area (TPSA) is 62.2 Å². The Labute approximate surface area is 120 Å². The number of thiazole rings is 1. The van der Waals surface area contributed by atoms with E-state index in [4.69, 9.17) is 16.7 Å². The van der Waals surface area contributed by atoms with Crippen LogP contribution in [0.2, 0.25) is 5.02 Å². The fraction of sp³-hybridized carbons (Fsp3) is 0.231. The Morgan fingerprint density at radius 1 is 1.53 bits per heavy atom. The predicted molar refractivity (Wildman–Crippen MR) is 76.6 cm³/mol. The third-order valence-electron chi connectivity index (χ3n) is 2.49. The summed E-state index contributed by atoms with van der Waals surface area (Å²) in [5, 5.41) is 14.5. The number of benzene rings is 1. The Bertz CT molecular complexity index is 586. The Morgan fingerprint density at radius 3 is 2.95 bits per heavy atom. The van der Waals surface area contributed by atoms with Gasteiger partial charge < -0.3 is 10.4 Å². The molecule has 0 spiro atoms. The van der Waals surface area contributed by atoms with Gasteiger partial charge in [-0.1, -0.05) is 29.8 Å². The quantitative estimate of drug-likeness (QED) is 0.911. The monoisotopic (exact) mass is 296 g/mol. The predicted octanol–water partition coefficient (Wildman–Crippen LogP) is 2.57. The maximum absolute atomic E-state index is 11.8. The average molecular weight is 297 g/mol. The molecule has 2 rings (SSSR count). The highest BCUT2D eigenvalue weighted by Gasteiger charge is 2.14. The molecule has 0 fully saturated rings. The van der Waals surface area contributed by atoms with Gasteiger partial charge in [-0.2, -0.15) is 0 Å². The van der Waals surface area contributed by atoms with Crippen molar-refractivity contribution in [1.29, 1.82) is 0 Å². The fourth-order valence-corrected chi connectivity index (χ4v) is 2.60. The fourth-order valence-electron chi connectivity index (χ4n) is 1.48. The first-order chi connectivity index (χ1) is 9.11. The number of halogens is 1. The Balaban J connectivity index is 2.20. The second kappa shape index (κ2) is 6.14. The van der Waals surface area contributed by atoms with Crippen LogP contribution in [-0.4, -0.2) is 28.6 Å². The van der Waals surface area contributed by atoms with Crippen LogP contribution in [-0.2, 0) is 0 Å². The minimum atomic E-state index is -0.295.